The van der Waals surface area contributed by atoms with Crippen molar-refractivity contribution in [3.05, 3.63) is 29.0 Å². The quantitative estimate of drug-likeness (QED) is 0.600. The average Bonchev–Trinajstić information content (AvgIpc) is 2.88. The standard InChI is InChI=1S/C15H20ClN5O2S/c1-8(2)13-19-20-15(21(13)17)24-9(3)14(22)18-11-7-10(16)5-6-12(11)23-4/h5-9H,17H2,1-4H3,(H,18,22)/t9-/m0/s1. The Balaban J connectivity index is 2.09. The topological polar surface area (TPSA) is 95.1 Å². The van der Waals surface area contributed by atoms with Gasteiger partial charge in [-0.05, 0) is 25.1 Å². The molecule has 24 heavy (non-hydrogen) atoms. The first-order valence-corrected chi connectivity index (χ1v) is 8.60. The number of nitrogen functional groups attached to an aromatic ring is 1. The third-order valence-electron chi connectivity index (χ3n) is 3.28. The first-order chi connectivity index (χ1) is 11.3. The minimum Gasteiger partial charge on any atom is -0.495 e. The molecule has 0 unspecified atom stereocenters. The Bertz CT molecular complexity index is 735. The van der Waals surface area contributed by atoms with Crippen molar-refractivity contribution in [3.8, 4) is 5.75 Å². The highest BCUT2D eigenvalue weighted by molar-refractivity contribution is 8.00. The highest BCUT2D eigenvalue weighted by Gasteiger charge is 2.21. The molecule has 0 aliphatic carbocycles. The second-order valence-corrected chi connectivity index (χ2v) is 7.20. The van der Waals surface area contributed by atoms with Crippen molar-refractivity contribution in [1.82, 2.24) is 14.9 Å². The summed E-state index contributed by atoms with van der Waals surface area (Å²) in [5, 5.41) is 11.5. The molecule has 0 aliphatic rings. The SMILES string of the molecule is COc1ccc(Cl)cc1NC(=O)[C@H](C)Sc1nnc(C(C)C)n1N. The fourth-order valence-electron chi connectivity index (χ4n) is 1.99. The smallest absolute Gasteiger partial charge is 0.237 e. The molecule has 0 saturated heterocycles. The number of methoxy groups -OCH3 is 1. The summed E-state index contributed by atoms with van der Waals surface area (Å²) in [5.74, 6) is 7.11. The van der Waals surface area contributed by atoms with Gasteiger partial charge in [0.2, 0.25) is 11.1 Å². The van der Waals surface area contributed by atoms with Gasteiger partial charge in [0.15, 0.2) is 5.82 Å². The van der Waals surface area contributed by atoms with Crippen molar-refractivity contribution >= 4 is 35.0 Å². The van der Waals surface area contributed by atoms with Gasteiger partial charge >= 0.3 is 0 Å². The predicted molar refractivity (Wildman–Crippen MR) is 96.2 cm³/mol. The van der Waals surface area contributed by atoms with Crippen molar-refractivity contribution < 1.29 is 9.53 Å². The van der Waals surface area contributed by atoms with E-state index in [0.29, 0.717) is 27.4 Å². The molecule has 1 aromatic heterocycles. The second-order valence-electron chi connectivity index (χ2n) is 5.46. The molecule has 3 N–H and O–H groups in total. The zero-order valence-electron chi connectivity index (χ0n) is 13.9. The number of benzene rings is 1. The van der Waals surface area contributed by atoms with E-state index < -0.39 is 5.25 Å². The van der Waals surface area contributed by atoms with E-state index in [9.17, 15) is 4.79 Å². The number of hydrogen-bond donors (Lipinski definition) is 2. The highest BCUT2D eigenvalue weighted by atomic mass is 35.5. The van der Waals surface area contributed by atoms with Crippen LogP contribution in [0.2, 0.25) is 5.02 Å². The Morgan fingerprint density at radius 3 is 2.67 bits per heavy atom. The monoisotopic (exact) mass is 369 g/mol. The van der Waals surface area contributed by atoms with Crippen LogP contribution < -0.4 is 15.9 Å². The summed E-state index contributed by atoms with van der Waals surface area (Å²) in [6.07, 6.45) is 0. The fourth-order valence-corrected chi connectivity index (χ4v) is 2.94. The largest absolute Gasteiger partial charge is 0.495 e. The van der Waals surface area contributed by atoms with Gasteiger partial charge in [-0.25, -0.2) is 4.68 Å². The van der Waals surface area contributed by atoms with Crippen molar-refractivity contribution in [3.63, 3.8) is 0 Å². The maximum atomic E-state index is 12.4. The molecule has 0 radical (unpaired) electrons. The van der Waals surface area contributed by atoms with Crippen molar-refractivity contribution in [2.75, 3.05) is 18.3 Å². The van der Waals surface area contributed by atoms with Crippen molar-refractivity contribution in [2.24, 2.45) is 0 Å². The van der Waals surface area contributed by atoms with Crippen LogP contribution in [-0.2, 0) is 4.79 Å². The van der Waals surface area contributed by atoms with Gasteiger partial charge in [-0.1, -0.05) is 37.2 Å². The zero-order valence-corrected chi connectivity index (χ0v) is 15.5. The Labute approximate surface area is 149 Å². The number of hydrogen-bond acceptors (Lipinski definition) is 6. The molecular weight excluding hydrogens is 350 g/mol. The van der Waals surface area contributed by atoms with Crippen LogP contribution in [0.15, 0.2) is 23.4 Å². The number of carbonyl (C=O) groups is 1. The van der Waals surface area contributed by atoms with E-state index >= 15 is 0 Å². The van der Waals surface area contributed by atoms with Gasteiger partial charge in [0.1, 0.15) is 5.75 Å². The molecule has 2 rings (SSSR count). The molecule has 1 atom stereocenters. The van der Waals surface area contributed by atoms with E-state index in [1.165, 1.54) is 23.5 Å². The van der Waals surface area contributed by atoms with Gasteiger partial charge in [-0.2, -0.15) is 0 Å². The Hall–Kier alpha value is -1.93. The van der Waals surface area contributed by atoms with E-state index in [1.54, 1.807) is 25.1 Å². The molecule has 1 aromatic carbocycles. The van der Waals surface area contributed by atoms with Gasteiger partial charge in [-0.3, -0.25) is 4.79 Å². The second kappa shape index (κ2) is 7.76. The summed E-state index contributed by atoms with van der Waals surface area (Å²) in [7, 11) is 1.53. The number of nitrogens with one attached hydrogen (secondary N) is 1. The molecule has 2 aromatic rings. The highest BCUT2D eigenvalue weighted by Crippen LogP contribution is 2.29. The third kappa shape index (κ3) is 4.12. The number of aromatic nitrogens is 3. The number of nitrogens with two attached hydrogens (primary N) is 1. The van der Waals surface area contributed by atoms with Crippen molar-refractivity contribution in [2.45, 2.75) is 37.1 Å². The molecule has 1 amide bonds. The molecule has 130 valence electrons. The lowest BCUT2D eigenvalue weighted by molar-refractivity contribution is -0.115. The average molecular weight is 370 g/mol. The Morgan fingerprint density at radius 1 is 1.38 bits per heavy atom. The minimum absolute atomic E-state index is 0.150. The van der Waals surface area contributed by atoms with Crippen LogP contribution in [0.25, 0.3) is 0 Å². The number of ether oxygens (including phenoxy) is 1. The van der Waals surface area contributed by atoms with E-state index in [4.69, 9.17) is 22.2 Å². The first kappa shape index (κ1) is 18.4. The summed E-state index contributed by atoms with van der Waals surface area (Å²) in [6.45, 7) is 5.72. The van der Waals surface area contributed by atoms with Gasteiger partial charge in [0, 0.05) is 10.9 Å². The van der Waals surface area contributed by atoms with Gasteiger partial charge < -0.3 is 15.9 Å². The molecule has 0 aliphatic heterocycles. The van der Waals surface area contributed by atoms with Crippen LogP contribution in [0.3, 0.4) is 0 Å². The van der Waals surface area contributed by atoms with E-state index in [-0.39, 0.29) is 11.8 Å². The molecule has 7 nitrogen and oxygen atoms in total. The van der Waals surface area contributed by atoms with E-state index in [0.717, 1.165) is 0 Å². The van der Waals surface area contributed by atoms with Crippen LogP contribution in [0.4, 0.5) is 5.69 Å². The molecule has 9 heteroatoms. The van der Waals surface area contributed by atoms with Crippen LogP contribution in [0.1, 0.15) is 32.5 Å². The number of anilines is 1. The van der Waals surface area contributed by atoms with Crippen LogP contribution in [0.5, 0.6) is 5.75 Å². The lowest BCUT2D eigenvalue weighted by Gasteiger charge is -2.14. The third-order valence-corrected chi connectivity index (χ3v) is 4.57. The van der Waals surface area contributed by atoms with Gasteiger partial charge in [-0.15, -0.1) is 10.2 Å². The lowest BCUT2D eigenvalue weighted by atomic mass is 10.2. The molecule has 0 fully saturated rings. The fraction of sp³-hybridized carbons (Fsp3) is 0.400. The van der Waals surface area contributed by atoms with Crippen LogP contribution >= 0.6 is 23.4 Å². The van der Waals surface area contributed by atoms with E-state index in [2.05, 4.69) is 15.5 Å². The maximum absolute atomic E-state index is 12.4. The molecule has 0 bridgehead atoms. The summed E-state index contributed by atoms with van der Waals surface area (Å²) in [5.41, 5.74) is 0.513. The van der Waals surface area contributed by atoms with Crippen LogP contribution in [-0.4, -0.2) is 33.1 Å². The van der Waals surface area contributed by atoms with Crippen LogP contribution in [0, 0.1) is 0 Å². The minimum atomic E-state index is -0.430. The number of nitrogens with zero attached hydrogens (tertiary/aromatic N) is 3. The number of thioether (sulfide) groups is 1. The molecule has 0 spiro atoms. The van der Waals surface area contributed by atoms with E-state index in [1.807, 2.05) is 13.8 Å². The number of halogens is 1. The normalized spacial score (nSPS) is 12.2. The predicted octanol–water partition coefficient (Wildman–Crippen LogP) is 2.90. The Morgan fingerprint density at radius 2 is 2.08 bits per heavy atom. The molecular formula is C15H20ClN5O2S. The lowest BCUT2D eigenvalue weighted by Crippen LogP contribution is -2.24. The summed E-state index contributed by atoms with van der Waals surface area (Å²) in [4.78, 5) is 12.4. The number of amides is 1. The summed E-state index contributed by atoms with van der Waals surface area (Å²) in [6, 6.07) is 5.03. The summed E-state index contributed by atoms with van der Waals surface area (Å²) < 4.78 is 6.64. The Kier molecular flexibility index (Phi) is 5.95. The molecule has 0 saturated carbocycles. The number of rotatable bonds is 6. The molecule has 1 heterocycles. The summed E-state index contributed by atoms with van der Waals surface area (Å²) >= 11 is 7.20. The van der Waals surface area contributed by atoms with Gasteiger partial charge in [0.05, 0.1) is 18.0 Å². The zero-order chi connectivity index (χ0) is 17.9. The maximum Gasteiger partial charge on any atom is 0.237 e. The first-order valence-electron chi connectivity index (χ1n) is 7.35. The van der Waals surface area contributed by atoms with Gasteiger partial charge in [0.25, 0.3) is 0 Å². The number of carbonyl (C=O) groups excluding carboxylic acids is 1. The van der Waals surface area contributed by atoms with Crippen molar-refractivity contribution in [1.29, 1.82) is 0 Å².